The van der Waals surface area contributed by atoms with E-state index < -0.39 is 10.0 Å². The highest BCUT2D eigenvalue weighted by Crippen LogP contribution is 2.30. The molecule has 0 fully saturated rings. The largest absolute Gasteiger partial charge is 0.370 e. The molecule has 1 aromatic heterocycles. The van der Waals surface area contributed by atoms with Gasteiger partial charge in [-0.3, -0.25) is 4.79 Å². The van der Waals surface area contributed by atoms with Gasteiger partial charge in [-0.15, -0.1) is 11.3 Å². The topological polar surface area (TPSA) is 82.6 Å². The number of amides is 1. The van der Waals surface area contributed by atoms with Crippen LogP contribution in [0.25, 0.3) is 0 Å². The summed E-state index contributed by atoms with van der Waals surface area (Å²) in [5, 5.41) is 5.67. The van der Waals surface area contributed by atoms with Crippen LogP contribution in [0.15, 0.2) is 28.5 Å². The van der Waals surface area contributed by atoms with E-state index >= 15 is 0 Å². The summed E-state index contributed by atoms with van der Waals surface area (Å²) in [5.74, 6) is -0.221. The molecule has 7 nitrogen and oxygen atoms in total. The molecule has 2 rings (SSSR count). The first-order chi connectivity index (χ1) is 13.8. The third kappa shape index (κ3) is 5.55. The average Bonchev–Trinajstić information content (AvgIpc) is 3.08. The van der Waals surface area contributed by atoms with E-state index in [9.17, 15) is 13.2 Å². The highest BCUT2D eigenvalue weighted by Gasteiger charge is 2.24. The average molecular weight is 439 g/mol. The molecule has 0 unspecified atom stereocenters. The minimum Gasteiger partial charge on any atom is -0.370 e. The summed E-state index contributed by atoms with van der Waals surface area (Å²) in [4.78, 5) is 19.2. The molecule has 1 N–H and O–H groups in total. The summed E-state index contributed by atoms with van der Waals surface area (Å²) in [6.07, 6.45) is 0.148. The Morgan fingerprint density at radius 1 is 1.10 bits per heavy atom. The maximum atomic E-state index is 12.9. The van der Waals surface area contributed by atoms with Crippen molar-refractivity contribution in [2.24, 2.45) is 0 Å². The standard InChI is InChI=1S/C20H30N4O3S2/c1-6-23(7-2)19-11-10-17(29(26,27)24(8-3)9-4)13-18(19)22-20(25)12-16-14-28-15(5)21-16/h10-11,13-14H,6-9,12H2,1-5H3,(H,22,25). The number of carbonyl (C=O) groups excluding carboxylic acids is 1. The van der Waals surface area contributed by atoms with Gasteiger partial charge in [0.05, 0.1) is 33.4 Å². The summed E-state index contributed by atoms with van der Waals surface area (Å²) in [7, 11) is -3.62. The number of hydrogen-bond donors (Lipinski definition) is 1. The van der Waals surface area contributed by atoms with Gasteiger partial charge >= 0.3 is 0 Å². The normalized spacial score (nSPS) is 11.7. The molecule has 1 heterocycles. The van der Waals surface area contributed by atoms with Crippen LogP contribution >= 0.6 is 11.3 Å². The molecule has 1 aromatic carbocycles. The van der Waals surface area contributed by atoms with Crippen LogP contribution in [0.1, 0.15) is 38.4 Å². The second-order valence-electron chi connectivity index (χ2n) is 6.52. The molecule has 2 aromatic rings. The van der Waals surface area contributed by atoms with E-state index in [-0.39, 0.29) is 17.2 Å². The van der Waals surface area contributed by atoms with Crippen molar-refractivity contribution in [1.29, 1.82) is 0 Å². The molecule has 0 aliphatic heterocycles. The van der Waals surface area contributed by atoms with E-state index in [0.29, 0.717) is 24.5 Å². The van der Waals surface area contributed by atoms with E-state index in [1.54, 1.807) is 18.2 Å². The van der Waals surface area contributed by atoms with Crippen molar-refractivity contribution in [2.75, 3.05) is 36.4 Å². The number of hydrogen-bond acceptors (Lipinski definition) is 6. The number of sulfonamides is 1. The number of benzene rings is 1. The molecule has 29 heavy (non-hydrogen) atoms. The molecule has 0 atom stereocenters. The molecule has 9 heteroatoms. The molecule has 160 valence electrons. The maximum absolute atomic E-state index is 12.9. The number of anilines is 2. The SMILES string of the molecule is CCN(CC)c1ccc(S(=O)(=O)N(CC)CC)cc1NC(=O)Cc1csc(C)n1. The van der Waals surface area contributed by atoms with E-state index in [2.05, 4.69) is 15.2 Å². The minimum atomic E-state index is -3.62. The van der Waals surface area contributed by atoms with Crippen molar-refractivity contribution in [1.82, 2.24) is 9.29 Å². The quantitative estimate of drug-likeness (QED) is 0.614. The fourth-order valence-electron chi connectivity index (χ4n) is 3.18. The van der Waals surface area contributed by atoms with Gasteiger partial charge < -0.3 is 10.2 Å². The Morgan fingerprint density at radius 2 is 1.76 bits per heavy atom. The molecule has 0 saturated heterocycles. The van der Waals surface area contributed by atoms with Crippen LogP contribution < -0.4 is 10.2 Å². The third-order valence-corrected chi connectivity index (χ3v) is 7.57. The lowest BCUT2D eigenvalue weighted by molar-refractivity contribution is -0.115. The molecule has 0 aliphatic carbocycles. The Bertz CT molecular complexity index is 933. The summed E-state index contributed by atoms with van der Waals surface area (Å²) in [6.45, 7) is 11.8. The van der Waals surface area contributed by atoms with Crippen molar-refractivity contribution in [3.63, 3.8) is 0 Å². The van der Waals surface area contributed by atoms with Crippen molar-refractivity contribution < 1.29 is 13.2 Å². The number of thiazole rings is 1. The zero-order chi connectivity index (χ0) is 21.6. The molecular formula is C20H30N4O3S2. The van der Waals surface area contributed by atoms with Gasteiger partial charge in [0.15, 0.2) is 0 Å². The first-order valence-electron chi connectivity index (χ1n) is 9.86. The predicted octanol–water partition coefficient (Wildman–Crippen LogP) is 3.51. The van der Waals surface area contributed by atoms with Gasteiger partial charge in [-0.25, -0.2) is 13.4 Å². The number of rotatable bonds is 10. The third-order valence-electron chi connectivity index (χ3n) is 4.70. The maximum Gasteiger partial charge on any atom is 0.243 e. The Kier molecular flexibility index (Phi) is 8.18. The molecule has 0 saturated carbocycles. The van der Waals surface area contributed by atoms with Gasteiger partial charge in [0.25, 0.3) is 0 Å². The molecular weight excluding hydrogens is 408 g/mol. The minimum absolute atomic E-state index is 0.148. The number of carbonyl (C=O) groups is 1. The second kappa shape index (κ2) is 10.2. The van der Waals surface area contributed by atoms with Crippen LogP contribution in [-0.4, -0.2) is 49.8 Å². The van der Waals surface area contributed by atoms with Crippen LogP contribution in [0.5, 0.6) is 0 Å². The zero-order valence-electron chi connectivity index (χ0n) is 17.7. The van der Waals surface area contributed by atoms with Gasteiger partial charge in [-0.05, 0) is 39.0 Å². The van der Waals surface area contributed by atoms with Crippen LogP contribution in [0.4, 0.5) is 11.4 Å². The van der Waals surface area contributed by atoms with Gasteiger partial charge in [-0.1, -0.05) is 13.8 Å². The molecule has 1 amide bonds. The monoisotopic (exact) mass is 438 g/mol. The second-order valence-corrected chi connectivity index (χ2v) is 9.52. The van der Waals surface area contributed by atoms with Crippen LogP contribution in [0.2, 0.25) is 0 Å². The zero-order valence-corrected chi connectivity index (χ0v) is 19.4. The van der Waals surface area contributed by atoms with Gasteiger partial charge in [0, 0.05) is 31.6 Å². The van der Waals surface area contributed by atoms with E-state index in [1.165, 1.54) is 15.6 Å². The molecule has 0 aliphatic rings. The molecule has 0 bridgehead atoms. The van der Waals surface area contributed by atoms with Crippen molar-refractivity contribution in [2.45, 2.75) is 45.9 Å². The first kappa shape index (κ1) is 23.3. The van der Waals surface area contributed by atoms with E-state index in [0.717, 1.165) is 23.8 Å². The Morgan fingerprint density at radius 3 is 2.28 bits per heavy atom. The van der Waals surface area contributed by atoms with E-state index in [4.69, 9.17) is 0 Å². The highest BCUT2D eigenvalue weighted by atomic mass is 32.2. The number of nitrogens with zero attached hydrogens (tertiary/aromatic N) is 3. The molecule has 0 radical (unpaired) electrons. The van der Waals surface area contributed by atoms with Crippen molar-refractivity contribution in [3.8, 4) is 0 Å². The summed E-state index contributed by atoms with van der Waals surface area (Å²) in [5.41, 5.74) is 2.01. The first-order valence-corrected chi connectivity index (χ1v) is 12.2. The van der Waals surface area contributed by atoms with E-state index in [1.807, 2.05) is 40.0 Å². The summed E-state index contributed by atoms with van der Waals surface area (Å²) < 4.78 is 27.3. The smallest absolute Gasteiger partial charge is 0.243 e. The van der Waals surface area contributed by atoms with Crippen LogP contribution in [0, 0.1) is 6.92 Å². The van der Waals surface area contributed by atoms with Gasteiger partial charge in [-0.2, -0.15) is 4.31 Å². The highest BCUT2D eigenvalue weighted by molar-refractivity contribution is 7.89. The fourth-order valence-corrected chi connectivity index (χ4v) is 5.27. The Hall–Kier alpha value is -1.97. The Labute approximate surface area is 177 Å². The number of aromatic nitrogens is 1. The van der Waals surface area contributed by atoms with Crippen molar-refractivity contribution in [3.05, 3.63) is 34.3 Å². The summed E-state index contributed by atoms with van der Waals surface area (Å²) in [6, 6.07) is 4.94. The van der Waals surface area contributed by atoms with Crippen LogP contribution in [0.3, 0.4) is 0 Å². The van der Waals surface area contributed by atoms with Gasteiger partial charge in [0.2, 0.25) is 15.9 Å². The van der Waals surface area contributed by atoms with Crippen molar-refractivity contribution >= 4 is 38.6 Å². The summed E-state index contributed by atoms with van der Waals surface area (Å²) >= 11 is 1.50. The fraction of sp³-hybridized carbons (Fsp3) is 0.500. The Balaban J connectivity index is 2.41. The predicted molar refractivity (Wildman–Crippen MR) is 119 cm³/mol. The number of nitrogens with one attached hydrogen (secondary N) is 1. The lowest BCUT2D eigenvalue weighted by Gasteiger charge is -2.26. The number of aryl methyl sites for hydroxylation is 1. The molecule has 0 spiro atoms. The van der Waals surface area contributed by atoms with Gasteiger partial charge in [0.1, 0.15) is 0 Å². The lowest BCUT2D eigenvalue weighted by Crippen LogP contribution is -2.31. The van der Waals surface area contributed by atoms with Crippen LogP contribution in [-0.2, 0) is 21.2 Å². The lowest BCUT2D eigenvalue weighted by atomic mass is 10.2.